The Bertz CT molecular complexity index is 151. The SMILES string of the molecule is C=C(CCCC)N1CCCC1C. The summed E-state index contributed by atoms with van der Waals surface area (Å²) in [5.41, 5.74) is 1.36. The molecule has 1 heteroatoms. The minimum Gasteiger partial charge on any atom is -0.373 e. The van der Waals surface area contributed by atoms with E-state index in [9.17, 15) is 0 Å². The Morgan fingerprint density at radius 1 is 1.58 bits per heavy atom. The van der Waals surface area contributed by atoms with E-state index in [4.69, 9.17) is 0 Å². The highest BCUT2D eigenvalue weighted by atomic mass is 15.2. The zero-order valence-corrected chi connectivity index (χ0v) is 8.47. The smallest absolute Gasteiger partial charge is 0.0259 e. The third-order valence-corrected chi connectivity index (χ3v) is 2.78. The molecule has 0 bridgehead atoms. The fourth-order valence-corrected chi connectivity index (χ4v) is 1.93. The van der Waals surface area contributed by atoms with Crippen LogP contribution < -0.4 is 0 Å². The highest BCUT2D eigenvalue weighted by Crippen LogP contribution is 2.23. The van der Waals surface area contributed by atoms with Gasteiger partial charge in [0.2, 0.25) is 0 Å². The van der Waals surface area contributed by atoms with E-state index in [1.807, 2.05) is 0 Å². The zero-order valence-electron chi connectivity index (χ0n) is 8.47. The largest absolute Gasteiger partial charge is 0.373 e. The van der Waals surface area contributed by atoms with Crippen molar-refractivity contribution in [3.05, 3.63) is 12.3 Å². The molecule has 0 N–H and O–H groups in total. The van der Waals surface area contributed by atoms with Gasteiger partial charge in [-0.1, -0.05) is 19.9 Å². The van der Waals surface area contributed by atoms with Gasteiger partial charge >= 0.3 is 0 Å². The van der Waals surface area contributed by atoms with Crippen LogP contribution in [-0.2, 0) is 0 Å². The van der Waals surface area contributed by atoms with Gasteiger partial charge in [-0.05, 0) is 32.6 Å². The monoisotopic (exact) mass is 167 g/mol. The second kappa shape index (κ2) is 4.54. The maximum absolute atomic E-state index is 4.15. The summed E-state index contributed by atoms with van der Waals surface area (Å²) >= 11 is 0. The predicted molar refractivity (Wildman–Crippen MR) is 54.1 cm³/mol. The molecule has 1 fully saturated rings. The average Bonchev–Trinajstić information content (AvgIpc) is 2.47. The molecule has 0 saturated carbocycles. The van der Waals surface area contributed by atoms with Gasteiger partial charge in [0.05, 0.1) is 0 Å². The van der Waals surface area contributed by atoms with E-state index in [2.05, 4.69) is 25.3 Å². The van der Waals surface area contributed by atoms with Gasteiger partial charge < -0.3 is 4.90 Å². The van der Waals surface area contributed by atoms with Crippen LogP contribution in [0.4, 0.5) is 0 Å². The van der Waals surface area contributed by atoms with Gasteiger partial charge in [0, 0.05) is 18.3 Å². The fourth-order valence-electron chi connectivity index (χ4n) is 1.93. The summed E-state index contributed by atoms with van der Waals surface area (Å²) < 4.78 is 0. The van der Waals surface area contributed by atoms with Gasteiger partial charge in [0.1, 0.15) is 0 Å². The Morgan fingerprint density at radius 3 is 2.83 bits per heavy atom. The first-order valence-electron chi connectivity index (χ1n) is 5.20. The average molecular weight is 167 g/mol. The molecule has 70 valence electrons. The number of unbranched alkanes of at least 4 members (excludes halogenated alkanes) is 1. The molecule has 1 rings (SSSR count). The molecule has 1 aliphatic heterocycles. The van der Waals surface area contributed by atoms with Crippen molar-refractivity contribution in [2.75, 3.05) is 6.54 Å². The number of allylic oxidation sites excluding steroid dienone is 1. The third-order valence-electron chi connectivity index (χ3n) is 2.78. The van der Waals surface area contributed by atoms with Gasteiger partial charge in [-0.2, -0.15) is 0 Å². The summed E-state index contributed by atoms with van der Waals surface area (Å²) in [4.78, 5) is 2.48. The van der Waals surface area contributed by atoms with Crippen LogP contribution in [0.3, 0.4) is 0 Å². The first-order chi connectivity index (χ1) is 5.75. The molecule has 1 atom stereocenters. The first-order valence-corrected chi connectivity index (χ1v) is 5.20. The van der Waals surface area contributed by atoms with Crippen molar-refractivity contribution in [3.63, 3.8) is 0 Å². The molecule has 1 aliphatic rings. The summed E-state index contributed by atoms with van der Waals surface area (Å²) in [7, 11) is 0. The van der Waals surface area contributed by atoms with Gasteiger partial charge in [0.15, 0.2) is 0 Å². The molecule has 0 aromatic rings. The lowest BCUT2D eigenvalue weighted by atomic mass is 10.2. The molecule has 1 heterocycles. The van der Waals surface area contributed by atoms with E-state index >= 15 is 0 Å². The lowest BCUT2D eigenvalue weighted by Gasteiger charge is -2.25. The van der Waals surface area contributed by atoms with Crippen LogP contribution in [0.15, 0.2) is 12.3 Å². The number of hydrogen-bond donors (Lipinski definition) is 0. The van der Waals surface area contributed by atoms with E-state index in [1.54, 1.807) is 0 Å². The second-order valence-electron chi connectivity index (χ2n) is 3.85. The van der Waals surface area contributed by atoms with Gasteiger partial charge in [-0.3, -0.25) is 0 Å². The Morgan fingerprint density at radius 2 is 2.33 bits per heavy atom. The second-order valence-corrected chi connectivity index (χ2v) is 3.85. The number of nitrogens with zero attached hydrogens (tertiary/aromatic N) is 1. The molecular weight excluding hydrogens is 146 g/mol. The minimum absolute atomic E-state index is 0.745. The van der Waals surface area contributed by atoms with Crippen LogP contribution in [0.25, 0.3) is 0 Å². The van der Waals surface area contributed by atoms with Crippen LogP contribution in [0.1, 0.15) is 46.0 Å². The number of rotatable bonds is 4. The minimum atomic E-state index is 0.745. The lowest BCUT2D eigenvalue weighted by Crippen LogP contribution is -2.25. The maximum atomic E-state index is 4.15. The summed E-state index contributed by atoms with van der Waals surface area (Å²) in [6.07, 6.45) is 6.47. The normalized spacial score (nSPS) is 23.2. The topological polar surface area (TPSA) is 3.24 Å². The lowest BCUT2D eigenvalue weighted by molar-refractivity contribution is 0.327. The van der Waals surface area contributed by atoms with E-state index in [-0.39, 0.29) is 0 Å². The molecule has 0 aliphatic carbocycles. The summed E-state index contributed by atoms with van der Waals surface area (Å²) in [5, 5.41) is 0. The molecule has 1 unspecified atom stereocenters. The number of hydrogen-bond acceptors (Lipinski definition) is 1. The van der Waals surface area contributed by atoms with Crippen LogP contribution >= 0.6 is 0 Å². The van der Waals surface area contributed by atoms with Crippen molar-refractivity contribution in [1.29, 1.82) is 0 Å². The highest BCUT2D eigenvalue weighted by molar-refractivity contribution is 4.98. The molecule has 1 saturated heterocycles. The van der Waals surface area contributed by atoms with E-state index in [0.717, 1.165) is 6.04 Å². The van der Waals surface area contributed by atoms with Crippen molar-refractivity contribution in [2.45, 2.75) is 52.0 Å². The predicted octanol–water partition coefficient (Wildman–Crippen LogP) is 3.17. The van der Waals surface area contributed by atoms with Gasteiger partial charge in [-0.15, -0.1) is 0 Å². The van der Waals surface area contributed by atoms with Crippen LogP contribution in [-0.4, -0.2) is 17.5 Å². The maximum Gasteiger partial charge on any atom is 0.0259 e. The van der Waals surface area contributed by atoms with Crippen molar-refractivity contribution in [3.8, 4) is 0 Å². The van der Waals surface area contributed by atoms with Crippen LogP contribution in [0.5, 0.6) is 0 Å². The molecule has 0 amide bonds. The molecule has 0 spiro atoms. The Kier molecular flexibility index (Phi) is 3.64. The Hall–Kier alpha value is -0.460. The molecular formula is C11H21N. The Labute approximate surface area is 76.5 Å². The first kappa shape index (κ1) is 9.63. The molecule has 12 heavy (non-hydrogen) atoms. The third kappa shape index (κ3) is 2.26. The molecule has 0 aromatic carbocycles. The quantitative estimate of drug-likeness (QED) is 0.621. The molecule has 0 radical (unpaired) electrons. The van der Waals surface area contributed by atoms with Crippen molar-refractivity contribution >= 4 is 0 Å². The van der Waals surface area contributed by atoms with Crippen molar-refractivity contribution in [1.82, 2.24) is 4.90 Å². The summed E-state index contributed by atoms with van der Waals surface area (Å²) in [6, 6.07) is 0.745. The van der Waals surface area contributed by atoms with E-state index < -0.39 is 0 Å². The molecule has 0 aromatic heterocycles. The van der Waals surface area contributed by atoms with Gasteiger partial charge in [0.25, 0.3) is 0 Å². The van der Waals surface area contributed by atoms with Crippen LogP contribution in [0.2, 0.25) is 0 Å². The fraction of sp³-hybridized carbons (Fsp3) is 0.818. The van der Waals surface area contributed by atoms with Gasteiger partial charge in [-0.25, -0.2) is 0 Å². The summed E-state index contributed by atoms with van der Waals surface area (Å²) in [6.45, 7) is 9.94. The van der Waals surface area contributed by atoms with Crippen LogP contribution in [0, 0.1) is 0 Å². The zero-order chi connectivity index (χ0) is 8.97. The van der Waals surface area contributed by atoms with E-state index in [0.29, 0.717) is 0 Å². The van der Waals surface area contributed by atoms with Crippen molar-refractivity contribution < 1.29 is 0 Å². The molecule has 1 nitrogen and oxygen atoms in total. The standard InChI is InChI=1S/C11H21N/c1-4-5-7-10(2)12-9-6-8-11(12)3/h11H,2,4-9H2,1,3H3. The van der Waals surface area contributed by atoms with E-state index in [1.165, 1.54) is 44.3 Å². The Balaban J connectivity index is 2.30. The summed E-state index contributed by atoms with van der Waals surface area (Å²) in [5.74, 6) is 0. The highest BCUT2D eigenvalue weighted by Gasteiger charge is 2.20. The van der Waals surface area contributed by atoms with Crippen molar-refractivity contribution in [2.24, 2.45) is 0 Å². The number of likely N-dealkylation sites (tertiary alicyclic amines) is 1.